The van der Waals surface area contributed by atoms with Gasteiger partial charge in [-0.1, -0.05) is 83.8 Å². The minimum Gasteiger partial charge on any atom is -0.296 e. The summed E-state index contributed by atoms with van der Waals surface area (Å²) in [6.07, 6.45) is 0. The molecule has 0 bridgehead atoms. The number of thioether (sulfide) groups is 1. The van der Waals surface area contributed by atoms with Crippen LogP contribution in [0.15, 0.2) is 94.2 Å². The second-order valence-electron chi connectivity index (χ2n) is 6.90. The van der Waals surface area contributed by atoms with Gasteiger partial charge in [-0.25, -0.2) is 8.42 Å². The van der Waals surface area contributed by atoms with Crippen molar-refractivity contribution in [1.29, 1.82) is 0 Å². The van der Waals surface area contributed by atoms with Crippen molar-refractivity contribution in [3.8, 4) is 0 Å². The first-order valence-corrected chi connectivity index (χ1v) is 13.1. The van der Waals surface area contributed by atoms with Crippen LogP contribution in [0.5, 0.6) is 0 Å². The number of nitrogens with zero attached hydrogens (tertiary/aromatic N) is 3. The molecule has 33 heavy (non-hydrogen) atoms. The topological polar surface area (TPSA) is 92.3 Å². The number of hydrogen-bond donors (Lipinski definition) is 1. The molecular formula is C23H20N4O3S3. The number of anilines is 2. The van der Waals surface area contributed by atoms with Crippen molar-refractivity contribution in [2.75, 3.05) is 16.7 Å². The molecule has 3 aromatic carbocycles. The lowest BCUT2D eigenvalue weighted by atomic mass is 10.1. The van der Waals surface area contributed by atoms with Crippen molar-refractivity contribution < 1.29 is 13.2 Å². The number of carbonyl (C=O) groups excluding carboxylic acids is 1. The molecule has 7 nitrogen and oxygen atoms in total. The molecule has 168 valence electrons. The van der Waals surface area contributed by atoms with E-state index in [1.807, 2.05) is 30.3 Å². The summed E-state index contributed by atoms with van der Waals surface area (Å²) in [6.45, 7) is 0. The average molecular weight is 497 g/mol. The lowest BCUT2D eigenvalue weighted by Gasteiger charge is -2.21. The van der Waals surface area contributed by atoms with Gasteiger partial charge in [-0.2, -0.15) is 0 Å². The second kappa shape index (κ2) is 10.2. The van der Waals surface area contributed by atoms with Crippen molar-refractivity contribution in [1.82, 2.24) is 10.2 Å². The Bertz CT molecular complexity index is 1340. The molecule has 0 saturated heterocycles. The number of amides is 1. The molecule has 0 spiro atoms. The van der Waals surface area contributed by atoms with Gasteiger partial charge in [-0.3, -0.25) is 14.4 Å². The SMILES string of the molecule is CN(c1ccccc1C(=O)Nc1nnc(SCc2ccccc2)s1)S(=O)(=O)c1ccccc1. The summed E-state index contributed by atoms with van der Waals surface area (Å²) in [5, 5.41) is 11.3. The fourth-order valence-electron chi connectivity index (χ4n) is 3.02. The number of rotatable bonds is 8. The van der Waals surface area contributed by atoms with E-state index in [-0.39, 0.29) is 16.1 Å². The van der Waals surface area contributed by atoms with Gasteiger partial charge in [0.1, 0.15) is 0 Å². The van der Waals surface area contributed by atoms with Crippen molar-refractivity contribution in [2.24, 2.45) is 0 Å². The number of benzene rings is 3. The third-order valence-corrected chi connectivity index (χ3v) is 8.55. The number of sulfonamides is 1. The van der Waals surface area contributed by atoms with Crippen LogP contribution in [0.1, 0.15) is 15.9 Å². The summed E-state index contributed by atoms with van der Waals surface area (Å²) in [5.41, 5.74) is 1.65. The summed E-state index contributed by atoms with van der Waals surface area (Å²) < 4.78 is 27.9. The Morgan fingerprint density at radius 1 is 0.939 bits per heavy atom. The molecule has 0 aliphatic carbocycles. The zero-order valence-electron chi connectivity index (χ0n) is 17.6. The molecule has 4 aromatic rings. The molecule has 0 aliphatic heterocycles. The van der Waals surface area contributed by atoms with Crippen LogP contribution >= 0.6 is 23.1 Å². The molecule has 0 fully saturated rings. The smallest absolute Gasteiger partial charge is 0.264 e. The fourth-order valence-corrected chi connectivity index (χ4v) is 5.96. The van der Waals surface area contributed by atoms with Crippen LogP contribution in [0, 0.1) is 0 Å². The highest BCUT2D eigenvalue weighted by atomic mass is 32.2. The van der Waals surface area contributed by atoms with E-state index in [9.17, 15) is 13.2 Å². The van der Waals surface area contributed by atoms with Crippen molar-refractivity contribution in [2.45, 2.75) is 15.0 Å². The van der Waals surface area contributed by atoms with Gasteiger partial charge in [-0.15, -0.1) is 10.2 Å². The summed E-state index contributed by atoms with van der Waals surface area (Å²) in [4.78, 5) is 13.1. The summed E-state index contributed by atoms with van der Waals surface area (Å²) in [6, 6.07) is 24.6. The lowest BCUT2D eigenvalue weighted by molar-refractivity contribution is 0.102. The van der Waals surface area contributed by atoms with Crippen LogP contribution in [-0.4, -0.2) is 31.6 Å². The summed E-state index contributed by atoms with van der Waals surface area (Å²) in [5.74, 6) is 0.283. The van der Waals surface area contributed by atoms with Crippen molar-refractivity contribution >= 4 is 49.8 Å². The fraction of sp³-hybridized carbons (Fsp3) is 0.0870. The highest BCUT2D eigenvalue weighted by Gasteiger charge is 2.25. The summed E-state index contributed by atoms with van der Waals surface area (Å²) >= 11 is 2.80. The van der Waals surface area contributed by atoms with Gasteiger partial charge in [0.25, 0.3) is 15.9 Å². The number of carbonyl (C=O) groups is 1. The maximum atomic E-state index is 13.0. The van der Waals surface area contributed by atoms with Crippen LogP contribution < -0.4 is 9.62 Å². The van der Waals surface area contributed by atoms with Crippen molar-refractivity contribution in [3.05, 3.63) is 96.1 Å². The Balaban J connectivity index is 1.49. The Kier molecular flexibility index (Phi) is 7.07. The third-order valence-electron chi connectivity index (χ3n) is 4.72. The van der Waals surface area contributed by atoms with Gasteiger partial charge in [-0.05, 0) is 29.8 Å². The monoisotopic (exact) mass is 496 g/mol. The molecule has 0 aliphatic rings. The quantitative estimate of drug-likeness (QED) is 0.275. The number of aromatic nitrogens is 2. The molecule has 1 heterocycles. The lowest BCUT2D eigenvalue weighted by Crippen LogP contribution is -2.29. The maximum Gasteiger partial charge on any atom is 0.264 e. The standard InChI is InChI=1S/C23H20N4O3S3/c1-27(33(29,30)18-12-6-3-7-13-18)20-15-9-8-14-19(20)21(28)24-22-25-26-23(32-22)31-16-17-10-4-2-5-11-17/h2-15H,16H2,1H3,(H,24,25,28). The van der Waals surface area contributed by atoms with Gasteiger partial charge in [0, 0.05) is 12.8 Å². The molecule has 0 saturated carbocycles. The van der Waals surface area contributed by atoms with Gasteiger partial charge in [0.15, 0.2) is 4.34 Å². The predicted molar refractivity (Wildman–Crippen MR) is 132 cm³/mol. The summed E-state index contributed by atoms with van der Waals surface area (Å²) in [7, 11) is -2.40. The molecule has 10 heteroatoms. The van der Waals surface area contributed by atoms with Crippen molar-refractivity contribution in [3.63, 3.8) is 0 Å². The van der Waals surface area contributed by atoms with Crippen LogP contribution in [0.3, 0.4) is 0 Å². The average Bonchev–Trinajstić information content (AvgIpc) is 3.30. The molecule has 0 unspecified atom stereocenters. The van der Waals surface area contributed by atoms with E-state index < -0.39 is 15.9 Å². The van der Waals surface area contributed by atoms with E-state index in [1.165, 1.54) is 47.8 Å². The van der Waals surface area contributed by atoms with E-state index in [0.29, 0.717) is 5.13 Å². The van der Waals surface area contributed by atoms with E-state index in [4.69, 9.17) is 0 Å². The molecule has 1 amide bonds. The molecule has 4 rings (SSSR count). The highest BCUT2D eigenvalue weighted by Crippen LogP contribution is 2.30. The van der Waals surface area contributed by atoms with E-state index >= 15 is 0 Å². The zero-order valence-corrected chi connectivity index (χ0v) is 20.0. The second-order valence-corrected chi connectivity index (χ2v) is 11.1. The molecule has 0 radical (unpaired) electrons. The molecule has 0 atom stereocenters. The first-order valence-electron chi connectivity index (χ1n) is 9.90. The van der Waals surface area contributed by atoms with Crippen LogP contribution in [0.4, 0.5) is 10.8 Å². The number of hydrogen-bond acceptors (Lipinski definition) is 7. The van der Waals surface area contributed by atoms with Gasteiger partial charge >= 0.3 is 0 Å². The van der Waals surface area contributed by atoms with Crippen LogP contribution in [-0.2, 0) is 15.8 Å². The largest absolute Gasteiger partial charge is 0.296 e. The first kappa shape index (κ1) is 23.0. The normalized spacial score (nSPS) is 11.2. The Labute approximate surface area is 200 Å². The van der Waals surface area contributed by atoms with Crippen LogP contribution in [0.2, 0.25) is 0 Å². The Morgan fingerprint density at radius 2 is 1.58 bits per heavy atom. The Hall–Kier alpha value is -3.21. The van der Waals surface area contributed by atoms with Gasteiger partial charge in [0.05, 0.1) is 16.1 Å². The minimum absolute atomic E-state index is 0.145. The number of nitrogens with one attached hydrogen (secondary N) is 1. The maximum absolute atomic E-state index is 13.0. The molecule has 1 aromatic heterocycles. The van der Waals surface area contributed by atoms with E-state index in [1.54, 1.807) is 42.5 Å². The predicted octanol–water partition coefficient (Wildman–Crippen LogP) is 4.91. The Morgan fingerprint density at radius 3 is 2.30 bits per heavy atom. The molecular weight excluding hydrogens is 476 g/mol. The highest BCUT2D eigenvalue weighted by molar-refractivity contribution is 8.00. The van der Waals surface area contributed by atoms with E-state index in [0.717, 1.165) is 14.4 Å². The van der Waals surface area contributed by atoms with E-state index in [2.05, 4.69) is 15.5 Å². The third kappa shape index (κ3) is 5.41. The van der Waals surface area contributed by atoms with Gasteiger partial charge < -0.3 is 0 Å². The first-order chi connectivity index (χ1) is 15.9. The van der Waals surface area contributed by atoms with Gasteiger partial charge in [0.2, 0.25) is 5.13 Å². The zero-order chi connectivity index (χ0) is 23.3. The van der Waals surface area contributed by atoms with Crippen LogP contribution in [0.25, 0.3) is 0 Å². The number of para-hydroxylation sites is 1. The molecule has 1 N–H and O–H groups in total. The minimum atomic E-state index is -3.83.